The van der Waals surface area contributed by atoms with E-state index in [0.717, 1.165) is 18.5 Å². The van der Waals surface area contributed by atoms with Crippen molar-refractivity contribution in [3.63, 3.8) is 0 Å². The van der Waals surface area contributed by atoms with Gasteiger partial charge in [0.2, 0.25) is 0 Å². The molecule has 0 aromatic heterocycles. The van der Waals surface area contributed by atoms with Gasteiger partial charge in [-0.3, -0.25) is 4.99 Å². The molecule has 0 aliphatic rings. The summed E-state index contributed by atoms with van der Waals surface area (Å²) in [7, 11) is 0. The third-order valence-corrected chi connectivity index (χ3v) is 1.82. The molecule has 0 heterocycles. The van der Waals surface area contributed by atoms with Crippen molar-refractivity contribution in [1.29, 1.82) is 0 Å². The van der Waals surface area contributed by atoms with Crippen molar-refractivity contribution in [1.82, 2.24) is 0 Å². The molecule has 0 amide bonds. The molecule has 0 aliphatic heterocycles. The number of nitrogens with zero attached hydrogens (tertiary/aromatic N) is 1. The number of aliphatic imine (C=N–C) groups is 1. The second kappa shape index (κ2) is 5.74. The van der Waals surface area contributed by atoms with Gasteiger partial charge in [-0.15, -0.1) is 0 Å². The molecule has 1 nitrogen and oxygen atoms in total. The molecule has 0 saturated carbocycles. The zero-order valence-electron chi connectivity index (χ0n) is 9.30. The van der Waals surface area contributed by atoms with Gasteiger partial charge in [0.05, 0.1) is 0 Å². The van der Waals surface area contributed by atoms with E-state index in [4.69, 9.17) is 0 Å². The van der Waals surface area contributed by atoms with E-state index in [9.17, 15) is 0 Å². The van der Waals surface area contributed by atoms with Crippen molar-refractivity contribution in [2.24, 2.45) is 10.4 Å². The molecule has 0 aliphatic carbocycles. The summed E-state index contributed by atoms with van der Waals surface area (Å²) < 4.78 is 0. The van der Waals surface area contributed by atoms with Crippen LogP contribution in [0.25, 0.3) is 0 Å². The predicted molar refractivity (Wildman–Crippen MR) is 61.1 cm³/mol. The average molecular weight is 179 g/mol. The number of rotatable bonds is 4. The fraction of sp³-hybridized carbons (Fsp3) is 0.583. The summed E-state index contributed by atoms with van der Waals surface area (Å²) in [5.74, 6) is 0. The Morgan fingerprint density at radius 2 is 2.00 bits per heavy atom. The molecule has 0 fully saturated rings. The molecule has 0 N–H and O–H groups in total. The highest BCUT2D eigenvalue weighted by atomic mass is 14.7. The molecule has 0 spiro atoms. The standard InChI is InChI=1S/C12H21N/c1-6-7-8-11(13-5)9-10-12(2,3)4/h6-8H,5,9-10H2,1-4H3/b7-6-,11-8-. The zero-order valence-corrected chi connectivity index (χ0v) is 9.30. The lowest BCUT2D eigenvalue weighted by Gasteiger charge is -2.17. The fourth-order valence-corrected chi connectivity index (χ4v) is 0.925. The lowest BCUT2D eigenvalue weighted by Crippen LogP contribution is -2.04. The maximum absolute atomic E-state index is 3.99. The minimum absolute atomic E-state index is 0.375. The van der Waals surface area contributed by atoms with Gasteiger partial charge in [-0.2, -0.15) is 0 Å². The Morgan fingerprint density at radius 1 is 1.38 bits per heavy atom. The highest BCUT2D eigenvalue weighted by Gasteiger charge is 2.09. The van der Waals surface area contributed by atoms with E-state index in [0.29, 0.717) is 5.41 Å². The smallest absolute Gasteiger partial charge is 0.0396 e. The highest BCUT2D eigenvalue weighted by Crippen LogP contribution is 2.23. The van der Waals surface area contributed by atoms with Gasteiger partial charge in [0.25, 0.3) is 0 Å². The van der Waals surface area contributed by atoms with Gasteiger partial charge < -0.3 is 0 Å². The van der Waals surface area contributed by atoms with Gasteiger partial charge in [0.1, 0.15) is 0 Å². The highest BCUT2D eigenvalue weighted by molar-refractivity contribution is 5.30. The van der Waals surface area contributed by atoms with Crippen LogP contribution >= 0.6 is 0 Å². The minimum atomic E-state index is 0.375. The van der Waals surface area contributed by atoms with E-state index in [2.05, 4.69) is 32.5 Å². The van der Waals surface area contributed by atoms with E-state index >= 15 is 0 Å². The van der Waals surface area contributed by atoms with Crippen LogP contribution in [0.4, 0.5) is 0 Å². The number of allylic oxidation sites excluding steroid dienone is 4. The van der Waals surface area contributed by atoms with Crippen molar-refractivity contribution >= 4 is 6.72 Å². The first-order valence-corrected chi connectivity index (χ1v) is 4.78. The van der Waals surface area contributed by atoms with Crippen LogP contribution < -0.4 is 0 Å². The van der Waals surface area contributed by atoms with Crippen LogP contribution in [0.5, 0.6) is 0 Å². The summed E-state index contributed by atoms with van der Waals surface area (Å²) in [6.07, 6.45) is 8.19. The molecule has 0 saturated heterocycles. The molecular weight excluding hydrogens is 158 g/mol. The number of hydrogen-bond donors (Lipinski definition) is 0. The Bertz CT molecular complexity index is 204. The second-order valence-corrected chi connectivity index (χ2v) is 4.40. The lowest BCUT2D eigenvalue weighted by atomic mass is 9.90. The van der Waals surface area contributed by atoms with Crippen molar-refractivity contribution in [2.75, 3.05) is 0 Å². The average Bonchev–Trinajstić information content (AvgIpc) is 2.03. The van der Waals surface area contributed by atoms with Crippen molar-refractivity contribution < 1.29 is 0 Å². The van der Waals surface area contributed by atoms with Crippen LogP contribution in [-0.4, -0.2) is 6.72 Å². The first kappa shape index (κ1) is 12.2. The van der Waals surface area contributed by atoms with Gasteiger partial charge in [-0.25, -0.2) is 0 Å². The van der Waals surface area contributed by atoms with Crippen LogP contribution in [0.3, 0.4) is 0 Å². The monoisotopic (exact) mass is 179 g/mol. The van der Waals surface area contributed by atoms with Crippen molar-refractivity contribution in [2.45, 2.75) is 40.5 Å². The fourth-order valence-electron chi connectivity index (χ4n) is 0.925. The van der Waals surface area contributed by atoms with E-state index < -0.39 is 0 Å². The first-order valence-electron chi connectivity index (χ1n) is 4.78. The Hall–Kier alpha value is -0.850. The molecule has 0 radical (unpaired) electrons. The normalized spacial score (nSPS) is 13.7. The van der Waals surface area contributed by atoms with Gasteiger partial charge >= 0.3 is 0 Å². The Labute approximate surface area is 82.3 Å². The Kier molecular flexibility index (Phi) is 5.36. The van der Waals surface area contributed by atoms with Crippen LogP contribution in [0, 0.1) is 5.41 Å². The molecule has 0 rings (SSSR count). The lowest BCUT2D eigenvalue weighted by molar-refractivity contribution is 0.377. The molecule has 0 aromatic rings. The van der Waals surface area contributed by atoms with Crippen LogP contribution in [0.1, 0.15) is 40.5 Å². The van der Waals surface area contributed by atoms with E-state index in [1.807, 2.05) is 25.2 Å². The predicted octanol–water partition coefficient (Wildman–Crippen LogP) is 3.97. The first-order chi connectivity index (χ1) is 5.99. The Balaban J connectivity index is 4.07. The second-order valence-electron chi connectivity index (χ2n) is 4.40. The van der Waals surface area contributed by atoms with Crippen molar-refractivity contribution in [3.05, 3.63) is 23.9 Å². The summed E-state index contributed by atoms with van der Waals surface area (Å²) in [6.45, 7) is 12.3. The third-order valence-electron chi connectivity index (χ3n) is 1.82. The Morgan fingerprint density at radius 3 is 2.38 bits per heavy atom. The van der Waals surface area contributed by atoms with Gasteiger partial charge in [-0.05, 0) is 38.0 Å². The largest absolute Gasteiger partial charge is 0.269 e. The van der Waals surface area contributed by atoms with Crippen molar-refractivity contribution in [3.8, 4) is 0 Å². The molecule has 0 atom stereocenters. The SMILES string of the molecule is C=N/C(=C\C=C/C)CCC(C)(C)C. The summed E-state index contributed by atoms with van der Waals surface area (Å²) in [4.78, 5) is 3.99. The maximum atomic E-state index is 3.99. The van der Waals surface area contributed by atoms with Gasteiger partial charge in [0.15, 0.2) is 0 Å². The molecular formula is C12H21N. The summed E-state index contributed by atoms with van der Waals surface area (Å²) in [5.41, 5.74) is 1.45. The van der Waals surface area contributed by atoms with Crippen LogP contribution in [0.2, 0.25) is 0 Å². The zero-order chi connectivity index (χ0) is 10.3. The summed E-state index contributed by atoms with van der Waals surface area (Å²) in [5, 5.41) is 0. The molecule has 1 heteroatoms. The van der Waals surface area contributed by atoms with Gasteiger partial charge in [-0.1, -0.05) is 32.9 Å². The molecule has 0 aromatic carbocycles. The van der Waals surface area contributed by atoms with Gasteiger partial charge in [0, 0.05) is 5.70 Å². The van der Waals surface area contributed by atoms with Crippen LogP contribution in [-0.2, 0) is 0 Å². The van der Waals surface area contributed by atoms with E-state index in [-0.39, 0.29) is 0 Å². The quantitative estimate of drug-likeness (QED) is 0.457. The maximum Gasteiger partial charge on any atom is 0.0396 e. The molecule has 13 heavy (non-hydrogen) atoms. The van der Waals surface area contributed by atoms with E-state index in [1.54, 1.807) is 0 Å². The number of hydrogen-bond acceptors (Lipinski definition) is 1. The molecule has 74 valence electrons. The van der Waals surface area contributed by atoms with E-state index in [1.165, 1.54) is 0 Å². The molecule has 0 unspecified atom stereocenters. The van der Waals surface area contributed by atoms with Crippen LogP contribution in [0.15, 0.2) is 28.9 Å². The molecule has 0 bridgehead atoms. The summed E-state index contributed by atoms with van der Waals surface area (Å²) >= 11 is 0. The minimum Gasteiger partial charge on any atom is -0.269 e. The topological polar surface area (TPSA) is 12.4 Å². The summed E-state index contributed by atoms with van der Waals surface area (Å²) in [6, 6.07) is 0. The third kappa shape index (κ3) is 7.51.